The van der Waals surface area contributed by atoms with Gasteiger partial charge in [0.25, 0.3) is 0 Å². The van der Waals surface area contributed by atoms with E-state index >= 15 is 0 Å². The molecule has 0 amide bonds. The Morgan fingerprint density at radius 2 is 1.71 bits per heavy atom. The first-order valence-corrected chi connectivity index (χ1v) is 7.02. The summed E-state index contributed by atoms with van der Waals surface area (Å²) < 4.78 is 1.64. The van der Waals surface area contributed by atoms with Gasteiger partial charge in [-0.05, 0) is 30.3 Å². The Balaban J connectivity index is 1.97. The summed E-state index contributed by atoms with van der Waals surface area (Å²) in [5.74, 6) is -0.253. The molecule has 0 N–H and O–H groups in total. The molecule has 0 fully saturated rings. The Bertz CT molecular complexity index is 797. The molecular weight excluding hydrogens is 307 g/mol. The molecule has 0 saturated heterocycles. The number of ketones is 1. The van der Waals surface area contributed by atoms with Crippen LogP contribution < -0.4 is 0 Å². The van der Waals surface area contributed by atoms with E-state index in [4.69, 9.17) is 23.2 Å². The first-order valence-electron chi connectivity index (χ1n) is 6.26. The SMILES string of the molecule is O=C(c1ccn(-c2ccccc2)n1)c1cccc(Cl)c1Cl. The lowest BCUT2D eigenvalue weighted by atomic mass is 10.1. The molecule has 104 valence electrons. The summed E-state index contributed by atoms with van der Waals surface area (Å²) in [5.41, 5.74) is 1.55. The highest BCUT2D eigenvalue weighted by Crippen LogP contribution is 2.27. The molecule has 5 heteroatoms. The summed E-state index contributed by atoms with van der Waals surface area (Å²) in [4.78, 5) is 12.4. The monoisotopic (exact) mass is 316 g/mol. The number of carbonyl (C=O) groups is 1. The van der Waals surface area contributed by atoms with Gasteiger partial charge < -0.3 is 0 Å². The third-order valence-electron chi connectivity index (χ3n) is 3.04. The summed E-state index contributed by atoms with van der Waals surface area (Å²) in [7, 11) is 0. The topological polar surface area (TPSA) is 34.9 Å². The summed E-state index contributed by atoms with van der Waals surface area (Å²) >= 11 is 12.0. The maximum atomic E-state index is 12.4. The first-order chi connectivity index (χ1) is 10.2. The minimum atomic E-state index is -0.253. The summed E-state index contributed by atoms with van der Waals surface area (Å²) in [6.07, 6.45) is 1.74. The average molecular weight is 317 g/mol. The van der Waals surface area contributed by atoms with Gasteiger partial charge in [-0.1, -0.05) is 47.5 Å². The smallest absolute Gasteiger partial charge is 0.214 e. The highest BCUT2D eigenvalue weighted by atomic mass is 35.5. The Kier molecular flexibility index (Phi) is 3.78. The van der Waals surface area contributed by atoms with Crippen molar-refractivity contribution in [1.29, 1.82) is 0 Å². The van der Waals surface area contributed by atoms with Crippen LogP contribution in [0.1, 0.15) is 16.1 Å². The standard InChI is InChI=1S/C16H10Cl2N2O/c17-13-8-4-7-12(15(13)18)16(21)14-9-10-20(19-14)11-5-2-1-3-6-11/h1-10H. The molecule has 2 aromatic carbocycles. The van der Waals surface area contributed by atoms with Gasteiger partial charge in [-0.3, -0.25) is 4.79 Å². The Hall–Kier alpha value is -2.10. The van der Waals surface area contributed by atoms with Gasteiger partial charge in [0, 0.05) is 11.8 Å². The largest absolute Gasteiger partial charge is 0.287 e. The van der Waals surface area contributed by atoms with Crippen molar-refractivity contribution in [2.45, 2.75) is 0 Å². The maximum Gasteiger partial charge on any atom is 0.214 e. The van der Waals surface area contributed by atoms with E-state index in [9.17, 15) is 4.79 Å². The van der Waals surface area contributed by atoms with E-state index in [1.54, 1.807) is 35.1 Å². The third-order valence-corrected chi connectivity index (χ3v) is 3.86. The third kappa shape index (κ3) is 2.71. The van der Waals surface area contributed by atoms with Gasteiger partial charge in [0.05, 0.1) is 15.7 Å². The average Bonchev–Trinajstić information content (AvgIpc) is 3.00. The Morgan fingerprint density at radius 1 is 0.952 bits per heavy atom. The highest BCUT2D eigenvalue weighted by molar-refractivity contribution is 6.44. The molecule has 1 aromatic heterocycles. The number of halogens is 2. The Labute approximate surface area is 131 Å². The fraction of sp³-hybridized carbons (Fsp3) is 0. The van der Waals surface area contributed by atoms with E-state index in [0.717, 1.165) is 5.69 Å². The zero-order valence-electron chi connectivity index (χ0n) is 10.8. The van der Waals surface area contributed by atoms with Crippen molar-refractivity contribution in [3.63, 3.8) is 0 Å². The zero-order valence-corrected chi connectivity index (χ0v) is 12.3. The summed E-state index contributed by atoms with van der Waals surface area (Å²) in [6.45, 7) is 0. The van der Waals surface area contributed by atoms with Crippen molar-refractivity contribution in [3.05, 3.63) is 82.1 Å². The van der Waals surface area contributed by atoms with Crippen molar-refractivity contribution in [1.82, 2.24) is 9.78 Å². The zero-order chi connectivity index (χ0) is 14.8. The molecule has 3 aromatic rings. The van der Waals surface area contributed by atoms with E-state index in [1.807, 2.05) is 30.3 Å². The van der Waals surface area contributed by atoms with Crippen LogP contribution in [0.5, 0.6) is 0 Å². The molecule has 3 rings (SSSR count). The molecule has 3 nitrogen and oxygen atoms in total. The van der Waals surface area contributed by atoms with Gasteiger partial charge in [-0.15, -0.1) is 0 Å². The van der Waals surface area contributed by atoms with Crippen LogP contribution in [0.25, 0.3) is 5.69 Å². The normalized spacial score (nSPS) is 10.6. The lowest BCUT2D eigenvalue weighted by Crippen LogP contribution is -2.05. The van der Waals surface area contributed by atoms with E-state index in [1.165, 1.54) is 0 Å². The Morgan fingerprint density at radius 3 is 2.48 bits per heavy atom. The molecule has 21 heavy (non-hydrogen) atoms. The fourth-order valence-electron chi connectivity index (χ4n) is 1.99. The highest BCUT2D eigenvalue weighted by Gasteiger charge is 2.17. The van der Waals surface area contributed by atoms with Crippen LogP contribution in [0.15, 0.2) is 60.8 Å². The van der Waals surface area contributed by atoms with Crippen LogP contribution in [0.4, 0.5) is 0 Å². The molecule has 0 unspecified atom stereocenters. The number of nitrogens with zero attached hydrogens (tertiary/aromatic N) is 2. The van der Waals surface area contributed by atoms with Gasteiger partial charge in [0.2, 0.25) is 5.78 Å². The lowest BCUT2D eigenvalue weighted by Gasteiger charge is -2.03. The molecule has 0 aliphatic rings. The number of para-hydroxylation sites is 1. The van der Waals surface area contributed by atoms with Gasteiger partial charge in [-0.25, -0.2) is 4.68 Å². The number of benzene rings is 2. The minimum absolute atomic E-state index is 0.249. The summed E-state index contributed by atoms with van der Waals surface area (Å²) in [6, 6.07) is 16.2. The van der Waals surface area contributed by atoms with Gasteiger partial charge >= 0.3 is 0 Å². The molecule has 0 spiro atoms. The van der Waals surface area contributed by atoms with E-state index in [-0.39, 0.29) is 10.8 Å². The first kappa shape index (κ1) is 13.9. The van der Waals surface area contributed by atoms with Crippen LogP contribution in [0.2, 0.25) is 10.0 Å². The molecule has 0 aliphatic heterocycles. The van der Waals surface area contributed by atoms with Crippen LogP contribution in [-0.2, 0) is 0 Å². The van der Waals surface area contributed by atoms with Crippen LogP contribution in [-0.4, -0.2) is 15.6 Å². The maximum absolute atomic E-state index is 12.4. The van der Waals surface area contributed by atoms with Crippen molar-refractivity contribution in [2.75, 3.05) is 0 Å². The van der Waals surface area contributed by atoms with E-state index < -0.39 is 0 Å². The van der Waals surface area contributed by atoms with Gasteiger partial charge in [0.1, 0.15) is 5.69 Å². The van der Waals surface area contributed by atoms with Gasteiger partial charge in [-0.2, -0.15) is 5.10 Å². The fourth-order valence-corrected chi connectivity index (χ4v) is 2.37. The minimum Gasteiger partial charge on any atom is -0.287 e. The molecule has 0 aliphatic carbocycles. The number of carbonyl (C=O) groups excluding carboxylic acids is 1. The number of aromatic nitrogens is 2. The molecule has 0 saturated carbocycles. The predicted molar refractivity (Wildman–Crippen MR) is 83.5 cm³/mol. The lowest BCUT2D eigenvalue weighted by molar-refractivity contribution is 0.103. The van der Waals surface area contributed by atoms with Crippen LogP contribution in [0, 0.1) is 0 Å². The van der Waals surface area contributed by atoms with Crippen molar-refractivity contribution in [3.8, 4) is 5.69 Å². The number of hydrogen-bond acceptors (Lipinski definition) is 2. The molecule has 1 heterocycles. The quantitative estimate of drug-likeness (QED) is 0.671. The van der Waals surface area contributed by atoms with Crippen molar-refractivity contribution in [2.24, 2.45) is 0 Å². The summed E-state index contributed by atoms with van der Waals surface area (Å²) in [5, 5.41) is 4.89. The molecule has 0 atom stereocenters. The van der Waals surface area contributed by atoms with Crippen molar-refractivity contribution < 1.29 is 4.79 Å². The van der Waals surface area contributed by atoms with E-state index in [0.29, 0.717) is 16.3 Å². The number of rotatable bonds is 3. The molecule has 0 bridgehead atoms. The van der Waals surface area contributed by atoms with Crippen LogP contribution >= 0.6 is 23.2 Å². The van der Waals surface area contributed by atoms with Crippen LogP contribution in [0.3, 0.4) is 0 Å². The van der Waals surface area contributed by atoms with Crippen molar-refractivity contribution >= 4 is 29.0 Å². The molecular formula is C16H10Cl2N2O. The second-order valence-electron chi connectivity index (χ2n) is 4.41. The second kappa shape index (κ2) is 5.72. The van der Waals surface area contributed by atoms with Gasteiger partial charge in [0.15, 0.2) is 0 Å². The second-order valence-corrected chi connectivity index (χ2v) is 5.20. The predicted octanol–water partition coefficient (Wildman–Crippen LogP) is 4.41. The molecule has 0 radical (unpaired) electrons. The number of hydrogen-bond donors (Lipinski definition) is 0. The van der Waals surface area contributed by atoms with E-state index in [2.05, 4.69) is 5.10 Å².